The van der Waals surface area contributed by atoms with Gasteiger partial charge in [-0.15, -0.1) is 0 Å². The average Bonchev–Trinajstić information content (AvgIpc) is 2.75. The molecule has 0 bridgehead atoms. The molecule has 3 rings (SSSR count). The molecule has 0 fully saturated rings. The molecule has 156 valence electrons. The lowest BCUT2D eigenvalue weighted by Crippen LogP contribution is -2.29. The molecule has 0 aliphatic rings. The van der Waals surface area contributed by atoms with Gasteiger partial charge in [-0.3, -0.25) is 14.2 Å². The lowest BCUT2D eigenvalue weighted by molar-refractivity contribution is -0.116. The Balaban J connectivity index is 1.92. The summed E-state index contributed by atoms with van der Waals surface area (Å²) in [6.07, 6.45) is 0. The number of aryl methyl sites for hydroxylation is 1. The fraction of sp³-hybridized carbons (Fsp3) is 0.227. The van der Waals surface area contributed by atoms with E-state index in [-0.39, 0.29) is 12.1 Å². The van der Waals surface area contributed by atoms with Crippen molar-refractivity contribution in [2.24, 2.45) is 0 Å². The van der Waals surface area contributed by atoms with Crippen LogP contribution in [-0.2, 0) is 11.3 Å². The third kappa shape index (κ3) is 4.43. The van der Waals surface area contributed by atoms with Crippen LogP contribution < -0.4 is 25.1 Å². The van der Waals surface area contributed by atoms with Crippen molar-refractivity contribution in [1.82, 2.24) is 9.55 Å². The zero-order chi connectivity index (χ0) is 21.7. The second-order valence-corrected chi connectivity index (χ2v) is 6.47. The lowest BCUT2D eigenvalue weighted by atomic mass is 10.2. The number of benzene rings is 2. The van der Waals surface area contributed by atoms with Gasteiger partial charge in [-0.2, -0.15) is 0 Å². The summed E-state index contributed by atoms with van der Waals surface area (Å²) in [5.41, 5.74) is 1.48. The van der Waals surface area contributed by atoms with Gasteiger partial charge in [0.05, 0.1) is 21.3 Å². The van der Waals surface area contributed by atoms with Crippen molar-refractivity contribution in [2.75, 3.05) is 26.6 Å². The highest BCUT2D eigenvalue weighted by molar-refractivity contribution is 5.91. The number of hydrogen-bond donors (Lipinski definition) is 1. The molecule has 0 saturated heterocycles. The van der Waals surface area contributed by atoms with Crippen LogP contribution in [-0.4, -0.2) is 36.8 Å². The number of nitrogens with one attached hydrogen (secondary N) is 1. The maximum Gasteiger partial charge on any atom is 0.254 e. The highest BCUT2D eigenvalue weighted by Crippen LogP contribution is 2.39. The van der Waals surface area contributed by atoms with Gasteiger partial charge in [-0.25, -0.2) is 4.98 Å². The first-order valence-electron chi connectivity index (χ1n) is 9.20. The van der Waals surface area contributed by atoms with Crippen LogP contribution in [0.5, 0.6) is 17.2 Å². The Kier molecular flexibility index (Phi) is 6.36. The smallest absolute Gasteiger partial charge is 0.254 e. The number of rotatable bonds is 7. The summed E-state index contributed by atoms with van der Waals surface area (Å²) in [4.78, 5) is 29.8. The van der Waals surface area contributed by atoms with E-state index in [1.807, 2.05) is 30.3 Å². The van der Waals surface area contributed by atoms with Crippen molar-refractivity contribution in [1.29, 1.82) is 0 Å². The number of methoxy groups -OCH3 is 3. The topological polar surface area (TPSA) is 91.7 Å². The Bertz CT molecular complexity index is 1080. The number of anilines is 1. The molecule has 1 aromatic heterocycles. The summed E-state index contributed by atoms with van der Waals surface area (Å²) in [5.74, 6) is 1.27. The number of nitrogens with zero attached hydrogens (tertiary/aromatic N) is 2. The predicted octanol–water partition coefficient (Wildman–Crippen LogP) is 2.88. The van der Waals surface area contributed by atoms with Crippen LogP contribution in [0.3, 0.4) is 0 Å². The number of ether oxygens (including phenoxy) is 3. The van der Waals surface area contributed by atoms with E-state index in [9.17, 15) is 9.59 Å². The maximum absolute atomic E-state index is 12.7. The van der Waals surface area contributed by atoms with Crippen molar-refractivity contribution in [3.05, 3.63) is 64.6 Å². The molecule has 2 aromatic carbocycles. The summed E-state index contributed by atoms with van der Waals surface area (Å²) in [7, 11) is 4.49. The van der Waals surface area contributed by atoms with E-state index in [1.165, 1.54) is 32.0 Å². The standard InChI is InChI=1S/C22H23N3O5/c1-14-10-20(27)25(22(23-14)15-8-6-5-7-9-15)13-19(26)24-16-11-17(28-2)21(30-4)18(12-16)29-3/h5-12H,13H2,1-4H3,(H,24,26). The predicted molar refractivity (Wildman–Crippen MR) is 113 cm³/mol. The molecule has 1 amide bonds. The quantitative estimate of drug-likeness (QED) is 0.645. The molecule has 8 heteroatoms. The Labute approximate surface area is 174 Å². The van der Waals surface area contributed by atoms with E-state index in [2.05, 4.69) is 10.3 Å². The van der Waals surface area contributed by atoms with Crippen LogP contribution in [0.4, 0.5) is 5.69 Å². The second kappa shape index (κ2) is 9.13. The molecule has 0 aliphatic heterocycles. The molecule has 0 saturated carbocycles. The number of aromatic nitrogens is 2. The minimum Gasteiger partial charge on any atom is -0.493 e. The second-order valence-electron chi connectivity index (χ2n) is 6.47. The largest absolute Gasteiger partial charge is 0.493 e. The van der Waals surface area contributed by atoms with Crippen LogP contribution in [0, 0.1) is 6.92 Å². The fourth-order valence-electron chi connectivity index (χ4n) is 3.08. The maximum atomic E-state index is 12.7. The van der Waals surface area contributed by atoms with Gasteiger partial charge >= 0.3 is 0 Å². The molecule has 30 heavy (non-hydrogen) atoms. The van der Waals surface area contributed by atoms with Gasteiger partial charge in [0.15, 0.2) is 11.5 Å². The van der Waals surface area contributed by atoms with Gasteiger partial charge in [-0.05, 0) is 6.92 Å². The van der Waals surface area contributed by atoms with Gasteiger partial charge in [0.25, 0.3) is 5.56 Å². The molecule has 1 N–H and O–H groups in total. The zero-order valence-electron chi connectivity index (χ0n) is 17.3. The SMILES string of the molecule is COc1cc(NC(=O)Cn2c(-c3ccccc3)nc(C)cc2=O)cc(OC)c1OC. The Hall–Kier alpha value is -3.81. The number of carbonyl (C=O) groups is 1. The molecular weight excluding hydrogens is 386 g/mol. The van der Waals surface area contributed by atoms with Crippen LogP contribution in [0.1, 0.15) is 5.69 Å². The van der Waals surface area contributed by atoms with Crippen molar-refractivity contribution in [3.8, 4) is 28.6 Å². The first kappa shape index (κ1) is 20.9. The van der Waals surface area contributed by atoms with Gasteiger partial charge < -0.3 is 19.5 Å². The van der Waals surface area contributed by atoms with Gasteiger partial charge in [0.1, 0.15) is 12.4 Å². The van der Waals surface area contributed by atoms with E-state index in [4.69, 9.17) is 14.2 Å². The fourth-order valence-corrected chi connectivity index (χ4v) is 3.08. The summed E-state index contributed by atoms with van der Waals surface area (Å²) in [6.45, 7) is 1.54. The third-order valence-corrected chi connectivity index (χ3v) is 4.42. The molecule has 0 radical (unpaired) electrons. The van der Waals surface area contributed by atoms with Crippen LogP contribution >= 0.6 is 0 Å². The van der Waals surface area contributed by atoms with Crippen molar-refractivity contribution in [2.45, 2.75) is 13.5 Å². The minimum absolute atomic E-state index is 0.201. The monoisotopic (exact) mass is 409 g/mol. The Morgan fingerprint density at radius 1 is 1.00 bits per heavy atom. The molecule has 1 heterocycles. The van der Waals surface area contributed by atoms with E-state index < -0.39 is 5.91 Å². The van der Waals surface area contributed by atoms with Crippen LogP contribution in [0.15, 0.2) is 53.3 Å². The number of amides is 1. The molecular formula is C22H23N3O5. The van der Waals surface area contributed by atoms with Crippen molar-refractivity contribution >= 4 is 11.6 Å². The summed E-state index contributed by atoms with van der Waals surface area (Å²) < 4.78 is 17.2. The first-order chi connectivity index (χ1) is 14.5. The molecule has 0 spiro atoms. The molecule has 0 atom stereocenters. The van der Waals surface area contributed by atoms with Crippen molar-refractivity contribution < 1.29 is 19.0 Å². The highest BCUT2D eigenvalue weighted by atomic mass is 16.5. The highest BCUT2D eigenvalue weighted by Gasteiger charge is 2.16. The molecule has 0 unspecified atom stereocenters. The summed E-state index contributed by atoms with van der Waals surface area (Å²) >= 11 is 0. The van der Waals surface area contributed by atoms with Gasteiger partial charge in [0.2, 0.25) is 11.7 Å². The van der Waals surface area contributed by atoms with Crippen LogP contribution in [0.2, 0.25) is 0 Å². The first-order valence-corrected chi connectivity index (χ1v) is 9.20. The molecule has 0 aliphatic carbocycles. The number of hydrogen-bond acceptors (Lipinski definition) is 6. The van der Waals surface area contributed by atoms with Gasteiger partial charge in [-0.1, -0.05) is 30.3 Å². The van der Waals surface area contributed by atoms with E-state index >= 15 is 0 Å². The average molecular weight is 409 g/mol. The normalized spacial score (nSPS) is 10.4. The Morgan fingerprint density at radius 2 is 1.63 bits per heavy atom. The molecule has 3 aromatic rings. The minimum atomic E-state index is -0.394. The molecule has 8 nitrogen and oxygen atoms in total. The van der Waals surface area contributed by atoms with E-state index in [0.717, 1.165) is 5.56 Å². The summed E-state index contributed by atoms with van der Waals surface area (Å²) in [5, 5.41) is 2.77. The van der Waals surface area contributed by atoms with Crippen LogP contribution in [0.25, 0.3) is 11.4 Å². The zero-order valence-corrected chi connectivity index (χ0v) is 17.3. The Morgan fingerprint density at radius 3 is 2.20 bits per heavy atom. The van der Waals surface area contributed by atoms with Crippen molar-refractivity contribution in [3.63, 3.8) is 0 Å². The summed E-state index contributed by atoms with van der Waals surface area (Å²) in [6, 6.07) is 13.9. The van der Waals surface area contributed by atoms with E-state index in [1.54, 1.807) is 19.1 Å². The lowest BCUT2D eigenvalue weighted by Gasteiger charge is -2.16. The van der Waals surface area contributed by atoms with Gasteiger partial charge in [0, 0.05) is 35.1 Å². The third-order valence-electron chi connectivity index (χ3n) is 4.42. The van der Waals surface area contributed by atoms with E-state index in [0.29, 0.717) is 34.5 Å². The number of carbonyl (C=O) groups excluding carboxylic acids is 1.